The number of halogens is 3. The van der Waals surface area contributed by atoms with Gasteiger partial charge in [-0.05, 0) is 58.1 Å². The Morgan fingerprint density at radius 1 is 1.12 bits per heavy atom. The van der Waals surface area contributed by atoms with Gasteiger partial charge in [-0.15, -0.1) is 0 Å². The number of carbonyl (C=O) groups excluding carboxylic acids is 1. The highest BCUT2D eigenvalue weighted by Crippen LogP contribution is 2.50. The molecular formula is C23H18ClF2N5O3. The van der Waals surface area contributed by atoms with Gasteiger partial charge in [-0.3, -0.25) is 24.9 Å². The van der Waals surface area contributed by atoms with Crippen molar-refractivity contribution < 1.29 is 18.5 Å². The molecule has 34 heavy (non-hydrogen) atoms. The van der Waals surface area contributed by atoms with Crippen molar-refractivity contribution in [3.8, 4) is 0 Å². The summed E-state index contributed by atoms with van der Waals surface area (Å²) in [4.78, 5) is 28.9. The molecule has 1 aliphatic heterocycles. The zero-order valence-electron chi connectivity index (χ0n) is 17.8. The molecule has 0 fully saturated rings. The number of carbonyl (C=O) groups is 1. The molecule has 8 nitrogen and oxygen atoms in total. The Hall–Kier alpha value is -3.89. The third-order valence-electron chi connectivity index (χ3n) is 5.49. The van der Waals surface area contributed by atoms with Gasteiger partial charge in [0.1, 0.15) is 23.0 Å². The molecule has 11 heteroatoms. The highest BCUT2D eigenvalue weighted by atomic mass is 35.5. The van der Waals surface area contributed by atoms with E-state index in [1.807, 2.05) is 0 Å². The Labute approximate surface area is 198 Å². The van der Waals surface area contributed by atoms with Gasteiger partial charge in [0.15, 0.2) is 0 Å². The van der Waals surface area contributed by atoms with Crippen molar-refractivity contribution in [2.24, 2.45) is 0 Å². The molecule has 1 aromatic heterocycles. The first-order valence-corrected chi connectivity index (χ1v) is 10.4. The fourth-order valence-electron chi connectivity index (χ4n) is 3.91. The number of pyridine rings is 1. The van der Waals surface area contributed by atoms with Gasteiger partial charge >= 0.3 is 5.66 Å². The van der Waals surface area contributed by atoms with Gasteiger partial charge in [-0.25, -0.2) is 8.78 Å². The molecule has 3 aromatic rings. The van der Waals surface area contributed by atoms with Gasteiger partial charge in [-0.1, -0.05) is 18.2 Å². The van der Waals surface area contributed by atoms with Crippen LogP contribution in [0, 0.1) is 21.7 Å². The first-order chi connectivity index (χ1) is 16.3. The number of hydrogen-bond donors (Lipinski definition) is 1. The monoisotopic (exact) mass is 485 g/mol. The number of nitrogens with one attached hydrogen (secondary N) is 1. The molecule has 0 saturated heterocycles. The van der Waals surface area contributed by atoms with Crippen LogP contribution in [-0.4, -0.2) is 32.4 Å². The van der Waals surface area contributed by atoms with Crippen molar-refractivity contribution in [1.82, 2.24) is 19.8 Å². The van der Waals surface area contributed by atoms with Gasteiger partial charge in [0.2, 0.25) is 5.91 Å². The molecule has 2 heterocycles. The van der Waals surface area contributed by atoms with Crippen molar-refractivity contribution >= 4 is 23.3 Å². The average molecular weight is 486 g/mol. The van der Waals surface area contributed by atoms with E-state index in [-0.39, 0.29) is 28.9 Å². The Bertz CT molecular complexity index is 1270. The Balaban J connectivity index is 1.88. The molecule has 1 unspecified atom stereocenters. The third-order valence-corrected chi connectivity index (χ3v) is 5.96. The van der Waals surface area contributed by atoms with E-state index in [1.54, 1.807) is 6.07 Å². The van der Waals surface area contributed by atoms with Gasteiger partial charge in [0.25, 0.3) is 0 Å². The molecule has 0 spiro atoms. The van der Waals surface area contributed by atoms with Crippen LogP contribution in [0.4, 0.5) is 8.78 Å². The van der Waals surface area contributed by atoms with E-state index in [4.69, 9.17) is 11.8 Å². The summed E-state index contributed by atoms with van der Waals surface area (Å²) < 4.78 is 28.5. The molecule has 2 aromatic carbocycles. The second kappa shape index (κ2) is 9.16. The molecule has 1 amide bonds. The Morgan fingerprint density at radius 2 is 1.76 bits per heavy atom. The van der Waals surface area contributed by atoms with Crippen LogP contribution in [0.2, 0.25) is 0 Å². The number of nitrogens with zero attached hydrogens (tertiary/aromatic N) is 4. The molecule has 0 aliphatic carbocycles. The molecule has 4 rings (SSSR count). The second-order valence-corrected chi connectivity index (χ2v) is 7.82. The smallest absolute Gasteiger partial charge is 0.310 e. The lowest BCUT2D eigenvalue weighted by atomic mass is 9.88. The summed E-state index contributed by atoms with van der Waals surface area (Å²) in [6, 6.07) is 13.6. The molecule has 1 aliphatic rings. The van der Waals surface area contributed by atoms with E-state index in [9.17, 15) is 23.7 Å². The summed E-state index contributed by atoms with van der Waals surface area (Å²) in [7, 11) is 1.43. The fraction of sp³-hybridized carbons (Fsp3) is 0.130. The van der Waals surface area contributed by atoms with Crippen LogP contribution in [0.5, 0.6) is 0 Å². The zero-order chi connectivity index (χ0) is 24.5. The van der Waals surface area contributed by atoms with E-state index in [0.29, 0.717) is 5.56 Å². The SMILES string of the molecule is CN1C(NC(=O)Cc2ccccc2F)=C(c2ccncc2)C(c2ccc(F)cc2)([N+](=O)[O-])N1Cl. The van der Waals surface area contributed by atoms with Crippen molar-refractivity contribution in [3.05, 3.63) is 117 Å². The predicted molar refractivity (Wildman–Crippen MR) is 120 cm³/mol. The average Bonchev–Trinajstić information content (AvgIpc) is 3.04. The predicted octanol–water partition coefficient (Wildman–Crippen LogP) is 3.83. The van der Waals surface area contributed by atoms with Gasteiger partial charge < -0.3 is 5.32 Å². The van der Waals surface area contributed by atoms with E-state index < -0.39 is 28.1 Å². The van der Waals surface area contributed by atoms with Gasteiger partial charge in [-0.2, -0.15) is 0 Å². The quantitative estimate of drug-likeness (QED) is 0.324. The van der Waals surface area contributed by atoms with Crippen LogP contribution < -0.4 is 5.32 Å². The van der Waals surface area contributed by atoms with E-state index in [2.05, 4.69) is 10.3 Å². The molecule has 0 bridgehead atoms. The van der Waals surface area contributed by atoms with Crippen LogP contribution in [0.1, 0.15) is 16.7 Å². The number of benzene rings is 2. The molecule has 0 radical (unpaired) electrons. The van der Waals surface area contributed by atoms with E-state index in [1.165, 1.54) is 66.9 Å². The minimum absolute atomic E-state index is 0.0172. The number of amides is 1. The maximum atomic E-state index is 14.1. The number of nitro groups is 1. The summed E-state index contributed by atoms with van der Waals surface area (Å²) in [5.74, 6) is -1.72. The Kier molecular flexibility index (Phi) is 6.27. The lowest BCUT2D eigenvalue weighted by molar-refractivity contribution is -0.589. The third kappa shape index (κ3) is 3.87. The number of hydrazine groups is 1. The highest BCUT2D eigenvalue weighted by Gasteiger charge is 2.63. The molecule has 0 saturated carbocycles. The molecule has 1 N–H and O–H groups in total. The van der Waals surface area contributed by atoms with Crippen molar-refractivity contribution in [2.45, 2.75) is 12.1 Å². The van der Waals surface area contributed by atoms with Crippen LogP contribution in [0.15, 0.2) is 78.9 Å². The Morgan fingerprint density at radius 3 is 2.38 bits per heavy atom. The van der Waals surface area contributed by atoms with Crippen LogP contribution >= 0.6 is 11.8 Å². The first-order valence-electron chi connectivity index (χ1n) is 10.1. The normalized spacial score (nSPS) is 18.3. The number of hydrogen-bond acceptors (Lipinski definition) is 6. The summed E-state index contributed by atoms with van der Waals surface area (Å²) in [5, 5.41) is 16.5. The van der Waals surface area contributed by atoms with Crippen molar-refractivity contribution in [1.29, 1.82) is 0 Å². The summed E-state index contributed by atoms with van der Waals surface area (Å²) >= 11 is 6.52. The van der Waals surface area contributed by atoms with E-state index in [0.717, 1.165) is 16.7 Å². The van der Waals surface area contributed by atoms with Gasteiger partial charge in [0.05, 0.1) is 16.9 Å². The van der Waals surface area contributed by atoms with Crippen molar-refractivity contribution in [3.63, 3.8) is 0 Å². The zero-order valence-corrected chi connectivity index (χ0v) is 18.5. The number of rotatable bonds is 6. The van der Waals surface area contributed by atoms with Crippen LogP contribution in [0.3, 0.4) is 0 Å². The standard InChI is InChI=1S/C23H18ClF2N5O3/c1-29-22(28-20(32)14-16-4-2-3-5-19(16)26)21(15-10-12-27-13-11-15)23(30(29)24,31(33)34)17-6-8-18(25)9-7-17/h2-13H,14H2,1H3,(H,28,32). The topological polar surface area (TPSA) is 91.6 Å². The van der Waals surface area contributed by atoms with Gasteiger partial charge in [0, 0.05) is 31.2 Å². The summed E-state index contributed by atoms with van der Waals surface area (Å²) in [6.45, 7) is 0. The second-order valence-electron chi connectivity index (χ2n) is 7.50. The van der Waals surface area contributed by atoms with Crippen LogP contribution in [0.25, 0.3) is 5.57 Å². The van der Waals surface area contributed by atoms with E-state index >= 15 is 0 Å². The minimum Gasteiger partial charge on any atom is -0.310 e. The highest BCUT2D eigenvalue weighted by molar-refractivity contribution is 6.15. The molecular weight excluding hydrogens is 468 g/mol. The van der Waals surface area contributed by atoms with Crippen LogP contribution in [-0.2, 0) is 16.9 Å². The maximum Gasteiger partial charge on any atom is 0.362 e. The maximum absolute atomic E-state index is 14.1. The minimum atomic E-state index is -2.22. The lowest BCUT2D eigenvalue weighted by Crippen LogP contribution is -2.48. The number of aromatic nitrogens is 1. The molecule has 174 valence electrons. The summed E-state index contributed by atoms with van der Waals surface area (Å²) in [6.07, 6.45) is 2.57. The molecule has 1 atom stereocenters. The first kappa shape index (κ1) is 23.3. The van der Waals surface area contributed by atoms with Crippen molar-refractivity contribution in [2.75, 3.05) is 7.05 Å². The fourth-order valence-corrected chi connectivity index (χ4v) is 4.23. The lowest BCUT2D eigenvalue weighted by Gasteiger charge is -2.30. The largest absolute Gasteiger partial charge is 0.362 e. The summed E-state index contributed by atoms with van der Waals surface area (Å²) in [5.41, 5.74) is -1.61.